The number of nitrogens with zero attached hydrogens (tertiary/aromatic N) is 3. The number of hydrogen-bond donors (Lipinski definition) is 0. The van der Waals surface area contributed by atoms with Gasteiger partial charge in [0.15, 0.2) is 0 Å². The smallest absolute Gasteiger partial charge is 0.255 e. The molecule has 1 heterocycles. The van der Waals surface area contributed by atoms with Crippen LogP contribution in [0.3, 0.4) is 0 Å². The second-order valence-electron chi connectivity index (χ2n) is 3.33. The third-order valence-corrected chi connectivity index (χ3v) is 2.36. The van der Waals surface area contributed by atoms with E-state index in [1.807, 2.05) is 12.1 Å². The fourth-order valence-corrected chi connectivity index (χ4v) is 1.58. The van der Waals surface area contributed by atoms with Gasteiger partial charge in [-0.2, -0.15) is 10.5 Å². The minimum absolute atomic E-state index is 0.211. The molecule has 0 radical (unpaired) electrons. The molecule has 2 rings (SSSR count). The van der Waals surface area contributed by atoms with E-state index in [0.29, 0.717) is 5.69 Å². The van der Waals surface area contributed by atoms with E-state index in [1.165, 1.54) is 10.6 Å². The molecule has 4 nitrogen and oxygen atoms in total. The standard InChI is InChI=1S/C13H7N3O/c14-8-10-4-3-5-12(11(10)9-15)16-7-2-1-6-13(16)17/h1-7H. The summed E-state index contributed by atoms with van der Waals surface area (Å²) < 4.78 is 1.35. The highest BCUT2D eigenvalue weighted by molar-refractivity contribution is 5.57. The number of aromatic nitrogens is 1. The molecule has 0 unspecified atom stereocenters. The van der Waals surface area contributed by atoms with Crippen LogP contribution >= 0.6 is 0 Å². The van der Waals surface area contributed by atoms with Crippen molar-refractivity contribution >= 4 is 0 Å². The highest BCUT2D eigenvalue weighted by Crippen LogP contribution is 2.15. The third-order valence-electron chi connectivity index (χ3n) is 2.36. The molecule has 4 heteroatoms. The first-order valence-electron chi connectivity index (χ1n) is 4.89. The lowest BCUT2D eigenvalue weighted by atomic mass is 10.1. The average molecular weight is 221 g/mol. The SMILES string of the molecule is N#Cc1cccc(-n2ccccc2=O)c1C#N. The summed E-state index contributed by atoms with van der Waals surface area (Å²) in [5, 5.41) is 18.0. The second-order valence-corrected chi connectivity index (χ2v) is 3.33. The molecule has 0 fully saturated rings. The fraction of sp³-hybridized carbons (Fsp3) is 0. The predicted molar refractivity (Wildman–Crippen MR) is 61.5 cm³/mol. The normalized spacial score (nSPS) is 9.29. The molecule has 0 amide bonds. The Morgan fingerprint density at radius 2 is 1.82 bits per heavy atom. The monoisotopic (exact) mass is 221 g/mol. The molecule has 0 spiro atoms. The summed E-state index contributed by atoms with van der Waals surface area (Å²) in [6, 6.07) is 13.5. The molecule has 0 atom stereocenters. The summed E-state index contributed by atoms with van der Waals surface area (Å²) in [7, 11) is 0. The summed E-state index contributed by atoms with van der Waals surface area (Å²) in [5.41, 5.74) is 0.667. The molecule has 0 saturated carbocycles. The minimum Gasteiger partial charge on any atom is -0.283 e. The molecule has 17 heavy (non-hydrogen) atoms. The second kappa shape index (κ2) is 4.34. The van der Waals surface area contributed by atoms with Crippen molar-refractivity contribution in [2.45, 2.75) is 0 Å². The highest BCUT2D eigenvalue weighted by atomic mass is 16.1. The Hall–Kier alpha value is -2.85. The van der Waals surface area contributed by atoms with Crippen molar-refractivity contribution in [1.29, 1.82) is 10.5 Å². The zero-order chi connectivity index (χ0) is 12.3. The predicted octanol–water partition coefficient (Wildman–Crippen LogP) is 1.58. The van der Waals surface area contributed by atoms with Crippen LogP contribution in [0.1, 0.15) is 11.1 Å². The van der Waals surface area contributed by atoms with Crippen LogP contribution in [0.15, 0.2) is 47.4 Å². The Labute approximate surface area is 97.6 Å². The number of rotatable bonds is 1. The highest BCUT2D eigenvalue weighted by Gasteiger charge is 2.09. The average Bonchev–Trinajstić information content (AvgIpc) is 2.38. The molecule has 0 aliphatic carbocycles. The molecule has 0 saturated heterocycles. The fourth-order valence-electron chi connectivity index (χ4n) is 1.58. The molecule has 0 aliphatic heterocycles. The molecule has 0 N–H and O–H groups in total. The van der Waals surface area contributed by atoms with Crippen LogP contribution in [0.4, 0.5) is 0 Å². The Morgan fingerprint density at radius 1 is 1.00 bits per heavy atom. The number of hydrogen-bond acceptors (Lipinski definition) is 3. The van der Waals surface area contributed by atoms with Gasteiger partial charge in [0, 0.05) is 12.3 Å². The largest absolute Gasteiger partial charge is 0.283 e. The molecule has 0 aliphatic rings. The van der Waals surface area contributed by atoms with Crippen LogP contribution in [-0.2, 0) is 0 Å². The van der Waals surface area contributed by atoms with Crippen LogP contribution < -0.4 is 5.56 Å². The third kappa shape index (κ3) is 1.80. The van der Waals surface area contributed by atoms with Gasteiger partial charge in [-0.3, -0.25) is 9.36 Å². The summed E-state index contributed by atoms with van der Waals surface area (Å²) >= 11 is 0. The van der Waals surface area contributed by atoms with E-state index >= 15 is 0 Å². The van der Waals surface area contributed by atoms with Gasteiger partial charge >= 0.3 is 0 Å². The molecule has 1 aromatic carbocycles. The van der Waals surface area contributed by atoms with Gasteiger partial charge in [-0.15, -0.1) is 0 Å². The van der Waals surface area contributed by atoms with Crippen molar-refractivity contribution in [1.82, 2.24) is 4.57 Å². The lowest BCUT2D eigenvalue weighted by molar-refractivity contribution is 0.984. The molecular weight excluding hydrogens is 214 g/mol. The quantitative estimate of drug-likeness (QED) is 0.734. The number of benzene rings is 1. The van der Waals surface area contributed by atoms with Crippen molar-refractivity contribution in [3.63, 3.8) is 0 Å². The maximum absolute atomic E-state index is 11.7. The van der Waals surface area contributed by atoms with Crippen molar-refractivity contribution in [2.24, 2.45) is 0 Å². The van der Waals surface area contributed by atoms with Crippen LogP contribution in [0.2, 0.25) is 0 Å². The summed E-state index contributed by atoms with van der Waals surface area (Å²) in [4.78, 5) is 11.7. The molecule has 2 aromatic rings. The maximum Gasteiger partial charge on any atom is 0.255 e. The van der Waals surface area contributed by atoms with E-state index in [-0.39, 0.29) is 16.7 Å². The first-order chi connectivity index (χ1) is 8.27. The van der Waals surface area contributed by atoms with Crippen molar-refractivity contribution in [3.8, 4) is 17.8 Å². The van der Waals surface area contributed by atoms with Gasteiger partial charge in [-0.1, -0.05) is 12.1 Å². The van der Waals surface area contributed by atoms with E-state index in [2.05, 4.69) is 0 Å². The molecule has 0 bridgehead atoms. The molecule has 80 valence electrons. The zero-order valence-electron chi connectivity index (χ0n) is 8.79. The van der Waals surface area contributed by atoms with Gasteiger partial charge in [0.1, 0.15) is 12.1 Å². The molecular formula is C13H7N3O. The molecule has 1 aromatic heterocycles. The van der Waals surface area contributed by atoms with Gasteiger partial charge in [-0.25, -0.2) is 0 Å². The van der Waals surface area contributed by atoms with E-state index in [4.69, 9.17) is 10.5 Å². The Morgan fingerprint density at radius 3 is 2.47 bits per heavy atom. The van der Waals surface area contributed by atoms with Gasteiger partial charge in [-0.05, 0) is 18.2 Å². The lowest BCUT2D eigenvalue weighted by Crippen LogP contribution is -2.17. The van der Waals surface area contributed by atoms with Gasteiger partial charge < -0.3 is 0 Å². The number of nitriles is 2. The Bertz CT molecular complexity index is 702. The van der Waals surface area contributed by atoms with E-state index in [9.17, 15) is 4.79 Å². The topological polar surface area (TPSA) is 69.6 Å². The summed E-state index contributed by atoms with van der Waals surface area (Å²) in [5.74, 6) is 0. The summed E-state index contributed by atoms with van der Waals surface area (Å²) in [6.07, 6.45) is 1.57. The van der Waals surface area contributed by atoms with Crippen LogP contribution in [-0.4, -0.2) is 4.57 Å². The first kappa shape index (κ1) is 10.7. The zero-order valence-corrected chi connectivity index (χ0v) is 8.79. The van der Waals surface area contributed by atoms with Gasteiger partial charge in [0.25, 0.3) is 5.56 Å². The Balaban J connectivity index is 2.79. The van der Waals surface area contributed by atoms with E-state index in [0.717, 1.165) is 0 Å². The Kier molecular flexibility index (Phi) is 2.72. The van der Waals surface area contributed by atoms with Crippen LogP contribution in [0.5, 0.6) is 0 Å². The van der Waals surface area contributed by atoms with Crippen molar-refractivity contribution < 1.29 is 0 Å². The van der Waals surface area contributed by atoms with Crippen LogP contribution in [0, 0.1) is 22.7 Å². The van der Waals surface area contributed by atoms with Gasteiger partial charge in [0.05, 0.1) is 16.8 Å². The van der Waals surface area contributed by atoms with Crippen LogP contribution in [0.25, 0.3) is 5.69 Å². The first-order valence-corrected chi connectivity index (χ1v) is 4.89. The van der Waals surface area contributed by atoms with Crippen molar-refractivity contribution in [3.05, 3.63) is 64.1 Å². The minimum atomic E-state index is -0.237. The van der Waals surface area contributed by atoms with E-state index < -0.39 is 0 Å². The number of pyridine rings is 1. The lowest BCUT2D eigenvalue weighted by Gasteiger charge is -2.07. The maximum atomic E-state index is 11.7. The summed E-state index contributed by atoms with van der Waals surface area (Å²) in [6.45, 7) is 0. The van der Waals surface area contributed by atoms with Crippen molar-refractivity contribution in [2.75, 3.05) is 0 Å². The van der Waals surface area contributed by atoms with E-state index in [1.54, 1.807) is 36.5 Å². The van der Waals surface area contributed by atoms with Gasteiger partial charge in [0.2, 0.25) is 0 Å².